The van der Waals surface area contributed by atoms with Crippen LogP contribution in [0.1, 0.15) is 35.8 Å². The summed E-state index contributed by atoms with van der Waals surface area (Å²) in [6.07, 6.45) is 5.83. The highest BCUT2D eigenvalue weighted by Crippen LogP contribution is 2.31. The van der Waals surface area contributed by atoms with Gasteiger partial charge in [0, 0.05) is 29.3 Å². The highest BCUT2D eigenvalue weighted by Gasteiger charge is 2.28. The number of hydrogen-bond donors (Lipinski definition) is 3. The van der Waals surface area contributed by atoms with Crippen molar-refractivity contribution in [3.05, 3.63) is 72.8 Å². The van der Waals surface area contributed by atoms with Gasteiger partial charge in [-0.2, -0.15) is 5.10 Å². The van der Waals surface area contributed by atoms with Gasteiger partial charge in [0.25, 0.3) is 5.91 Å². The molecule has 1 amide bonds. The van der Waals surface area contributed by atoms with Crippen LogP contribution in [0.5, 0.6) is 0 Å². The van der Waals surface area contributed by atoms with Crippen molar-refractivity contribution >= 4 is 34.0 Å². The molecule has 5 rings (SSSR count). The Kier molecular flexibility index (Phi) is 5.05. The number of para-hydroxylation sites is 1. The fourth-order valence-electron chi connectivity index (χ4n) is 4.03. The molecule has 4 aromatic rings. The van der Waals surface area contributed by atoms with Gasteiger partial charge in [-0.15, -0.1) is 0 Å². The van der Waals surface area contributed by atoms with E-state index in [1.165, 1.54) is 6.33 Å². The van der Waals surface area contributed by atoms with Crippen molar-refractivity contribution in [3.63, 3.8) is 0 Å². The molecule has 31 heavy (non-hydrogen) atoms. The molecule has 1 fully saturated rings. The van der Waals surface area contributed by atoms with Crippen LogP contribution in [0, 0.1) is 0 Å². The van der Waals surface area contributed by atoms with Crippen molar-refractivity contribution in [3.8, 4) is 0 Å². The second-order valence-corrected chi connectivity index (χ2v) is 7.80. The predicted molar refractivity (Wildman–Crippen MR) is 120 cm³/mol. The molecule has 8 heteroatoms. The first-order chi connectivity index (χ1) is 15.2. The van der Waals surface area contributed by atoms with Gasteiger partial charge >= 0.3 is 0 Å². The number of aromatic nitrogens is 4. The number of carbonyl (C=O) groups excluding carboxylic acids is 1. The summed E-state index contributed by atoms with van der Waals surface area (Å²) in [5.74, 6) is -0.287. The lowest BCUT2D eigenvalue weighted by molar-refractivity contribution is 0.102. The maximum atomic E-state index is 13.0. The fourth-order valence-corrected chi connectivity index (χ4v) is 4.03. The zero-order valence-electron chi connectivity index (χ0n) is 16.9. The minimum atomic E-state index is -0.287. The molecule has 2 aromatic heterocycles. The molecular formula is C23H23N7O. The summed E-state index contributed by atoms with van der Waals surface area (Å²) in [6.45, 7) is 0. The van der Waals surface area contributed by atoms with Gasteiger partial charge in [-0.1, -0.05) is 18.2 Å². The van der Waals surface area contributed by atoms with Crippen molar-refractivity contribution in [1.29, 1.82) is 0 Å². The molecule has 2 aromatic carbocycles. The minimum Gasteiger partial charge on any atom is -0.356 e. The van der Waals surface area contributed by atoms with Gasteiger partial charge in [-0.05, 0) is 55.7 Å². The second-order valence-electron chi connectivity index (χ2n) is 7.80. The molecule has 0 spiro atoms. The molecule has 1 aliphatic rings. The number of benzene rings is 2. The monoisotopic (exact) mass is 413 g/mol. The average molecular weight is 413 g/mol. The molecule has 156 valence electrons. The van der Waals surface area contributed by atoms with Crippen molar-refractivity contribution in [1.82, 2.24) is 19.7 Å². The Morgan fingerprint density at radius 1 is 1.00 bits per heavy atom. The van der Waals surface area contributed by atoms with Crippen LogP contribution in [0.15, 0.2) is 67.1 Å². The van der Waals surface area contributed by atoms with Crippen LogP contribution in [0.25, 0.3) is 11.0 Å². The third kappa shape index (κ3) is 3.97. The Bertz CT molecular complexity index is 1200. The van der Waals surface area contributed by atoms with Gasteiger partial charge in [0.2, 0.25) is 0 Å². The van der Waals surface area contributed by atoms with E-state index in [4.69, 9.17) is 5.73 Å². The number of hydrogen-bond acceptors (Lipinski definition) is 6. The lowest BCUT2D eigenvalue weighted by Crippen LogP contribution is -2.17. The number of fused-ring (bicyclic) bond motifs is 1. The van der Waals surface area contributed by atoms with Gasteiger partial charge < -0.3 is 16.4 Å². The van der Waals surface area contributed by atoms with Crippen LogP contribution in [-0.4, -0.2) is 31.7 Å². The summed E-state index contributed by atoms with van der Waals surface area (Å²) >= 11 is 0. The van der Waals surface area contributed by atoms with E-state index in [1.54, 1.807) is 6.20 Å². The van der Waals surface area contributed by atoms with E-state index >= 15 is 0 Å². The second kappa shape index (κ2) is 8.16. The van der Waals surface area contributed by atoms with Crippen molar-refractivity contribution in [2.75, 3.05) is 10.6 Å². The summed E-state index contributed by atoms with van der Waals surface area (Å²) in [6, 6.07) is 17.8. The Balaban J connectivity index is 1.36. The number of carbonyl (C=O) groups is 1. The zero-order valence-corrected chi connectivity index (χ0v) is 16.9. The summed E-state index contributed by atoms with van der Waals surface area (Å²) in [4.78, 5) is 21.5. The predicted octanol–water partition coefficient (Wildman–Crippen LogP) is 3.87. The van der Waals surface area contributed by atoms with Crippen LogP contribution < -0.4 is 16.4 Å². The van der Waals surface area contributed by atoms with Crippen LogP contribution in [0.4, 0.5) is 17.1 Å². The molecule has 2 heterocycles. The molecule has 8 nitrogen and oxygen atoms in total. The maximum Gasteiger partial charge on any atom is 0.276 e. The molecule has 2 atom stereocenters. The molecule has 0 radical (unpaired) electrons. The Labute approximate surface area is 179 Å². The quantitative estimate of drug-likeness (QED) is 0.458. The first-order valence-electron chi connectivity index (χ1n) is 10.3. The number of nitrogens with one attached hydrogen (secondary N) is 2. The normalized spacial score (nSPS) is 18.2. The molecule has 2 unspecified atom stereocenters. The SMILES string of the molecule is NC1CCC(n2nc(C(=O)Nc3ccc(Nc4ccccc4)cc3)c3cncnc32)C1. The first kappa shape index (κ1) is 19.2. The summed E-state index contributed by atoms with van der Waals surface area (Å²) in [5, 5.41) is 11.5. The van der Waals surface area contributed by atoms with E-state index in [0.29, 0.717) is 22.4 Å². The number of rotatable bonds is 5. The fraction of sp³-hybridized carbons (Fsp3) is 0.217. The largest absolute Gasteiger partial charge is 0.356 e. The van der Waals surface area contributed by atoms with Crippen molar-refractivity contribution in [2.45, 2.75) is 31.3 Å². The lowest BCUT2D eigenvalue weighted by Gasteiger charge is -2.10. The zero-order chi connectivity index (χ0) is 21.2. The van der Waals surface area contributed by atoms with Crippen LogP contribution in [0.2, 0.25) is 0 Å². The standard InChI is InChI=1S/C23H23N7O/c24-15-6-11-19(12-15)30-22-20(13-25-14-26-22)21(29-30)23(31)28-18-9-7-17(8-10-18)27-16-4-2-1-3-5-16/h1-5,7-10,13-15,19,27H,6,11-12,24H2,(H,28,31). The molecule has 0 bridgehead atoms. The number of amides is 1. The van der Waals surface area contributed by atoms with E-state index in [9.17, 15) is 4.79 Å². The molecule has 0 saturated heterocycles. The highest BCUT2D eigenvalue weighted by molar-refractivity contribution is 6.10. The molecular weight excluding hydrogens is 390 g/mol. The molecule has 1 aliphatic carbocycles. The van der Waals surface area contributed by atoms with E-state index < -0.39 is 0 Å². The van der Waals surface area contributed by atoms with Crippen molar-refractivity contribution in [2.24, 2.45) is 5.73 Å². The maximum absolute atomic E-state index is 13.0. The summed E-state index contributed by atoms with van der Waals surface area (Å²) < 4.78 is 1.84. The number of anilines is 3. The smallest absolute Gasteiger partial charge is 0.276 e. The highest BCUT2D eigenvalue weighted by atomic mass is 16.2. The molecule has 4 N–H and O–H groups in total. The number of nitrogens with zero attached hydrogens (tertiary/aromatic N) is 4. The third-order valence-electron chi connectivity index (χ3n) is 5.58. The first-order valence-corrected chi connectivity index (χ1v) is 10.3. The minimum absolute atomic E-state index is 0.150. The van der Waals surface area contributed by atoms with Gasteiger partial charge in [0.05, 0.1) is 11.4 Å². The van der Waals surface area contributed by atoms with Gasteiger partial charge in [0.1, 0.15) is 6.33 Å². The van der Waals surface area contributed by atoms with E-state index in [2.05, 4.69) is 25.7 Å². The summed E-state index contributed by atoms with van der Waals surface area (Å²) in [7, 11) is 0. The lowest BCUT2D eigenvalue weighted by atomic mass is 10.2. The topological polar surface area (TPSA) is 111 Å². The van der Waals surface area contributed by atoms with E-state index in [0.717, 1.165) is 30.6 Å². The van der Waals surface area contributed by atoms with Crippen molar-refractivity contribution < 1.29 is 4.79 Å². The van der Waals surface area contributed by atoms with Crippen LogP contribution >= 0.6 is 0 Å². The Morgan fingerprint density at radius 2 is 1.74 bits per heavy atom. The Hall–Kier alpha value is -3.78. The molecule has 0 aliphatic heterocycles. The van der Waals surface area contributed by atoms with Crippen LogP contribution in [0.3, 0.4) is 0 Å². The van der Waals surface area contributed by atoms with Gasteiger partial charge in [-0.3, -0.25) is 4.79 Å². The molecule has 1 saturated carbocycles. The van der Waals surface area contributed by atoms with E-state index in [-0.39, 0.29) is 18.0 Å². The van der Waals surface area contributed by atoms with Crippen LogP contribution in [-0.2, 0) is 0 Å². The Morgan fingerprint density at radius 3 is 2.48 bits per heavy atom. The van der Waals surface area contributed by atoms with Gasteiger partial charge in [-0.25, -0.2) is 14.6 Å². The third-order valence-corrected chi connectivity index (χ3v) is 5.58. The van der Waals surface area contributed by atoms with Gasteiger partial charge in [0.15, 0.2) is 11.3 Å². The van der Waals surface area contributed by atoms with E-state index in [1.807, 2.05) is 59.3 Å². The average Bonchev–Trinajstić information content (AvgIpc) is 3.39. The summed E-state index contributed by atoms with van der Waals surface area (Å²) in [5.41, 5.74) is 9.69. The number of nitrogens with two attached hydrogens (primary N) is 1.